The van der Waals surface area contributed by atoms with Gasteiger partial charge >= 0.3 is 0 Å². The van der Waals surface area contributed by atoms with Crippen molar-refractivity contribution in [1.29, 1.82) is 0 Å². The SMILES string of the molecule is c1cnc2c(n1)sc1nccn12. The van der Waals surface area contributed by atoms with E-state index in [1.807, 2.05) is 10.6 Å². The Kier molecular flexibility index (Phi) is 1.02. The average molecular weight is 176 g/mol. The summed E-state index contributed by atoms with van der Waals surface area (Å²) in [6, 6.07) is 0. The summed E-state index contributed by atoms with van der Waals surface area (Å²) in [6.07, 6.45) is 7.04. The summed E-state index contributed by atoms with van der Waals surface area (Å²) in [6.45, 7) is 0. The van der Waals surface area contributed by atoms with E-state index in [-0.39, 0.29) is 0 Å². The maximum Gasteiger partial charge on any atom is 0.197 e. The zero-order valence-corrected chi connectivity index (χ0v) is 6.82. The Labute approximate surface area is 71.5 Å². The van der Waals surface area contributed by atoms with Crippen molar-refractivity contribution in [3.05, 3.63) is 24.8 Å². The van der Waals surface area contributed by atoms with Gasteiger partial charge in [-0.2, -0.15) is 0 Å². The van der Waals surface area contributed by atoms with Gasteiger partial charge in [-0.3, -0.25) is 4.40 Å². The summed E-state index contributed by atoms with van der Waals surface area (Å²) in [5.74, 6) is 0. The van der Waals surface area contributed by atoms with Crippen LogP contribution in [0.25, 0.3) is 15.4 Å². The van der Waals surface area contributed by atoms with Gasteiger partial charge in [0, 0.05) is 24.8 Å². The molecule has 58 valence electrons. The minimum atomic E-state index is 0.884. The fourth-order valence-electron chi connectivity index (χ4n) is 1.17. The predicted octanol–water partition coefficient (Wildman–Crippen LogP) is 1.34. The lowest BCUT2D eigenvalue weighted by Gasteiger charge is -1.85. The molecule has 0 fully saturated rings. The quantitative estimate of drug-likeness (QED) is 0.519. The molecule has 3 rings (SSSR count). The molecule has 0 spiro atoms. The zero-order valence-electron chi connectivity index (χ0n) is 6.01. The van der Waals surface area contributed by atoms with E-state index in [0.29, 0.717) is 0 Å². The van der Waals surface area contributed by atoms with Gasteiger partial charge in [0.2, 0.25) is 0 Å². The molecule has 0 aromatic carbocycles. The Balaban J connectivity index is 2.68. The number of imidazole rings is 1. The van der Waals surface area contributed by atoms with Gasteiger partial charge in [-0.25, -0.2) is 15.0 Å². The third kappa shape index (κ3) is 0.634. The number of fused-ring (bicyclic) bond motifs is 3. The largest absolute Gasteiger partial charge is 0.273 e. The molecule has 0 aliphatic carbocycles. The first-order valence-electron chi connectivity index (χ1n) is 3.48. The van der Waals surface area contributed by atoms with E-state index < -0.39 is 0 Å². The molecule has 3 aromatic rings. The molecule has 4 nitrogen and oxygen atoms in total. The minimum absolute atomic E-state index is 0.884. The van der Waals surface area contributed by atoms with Crippen molar-refractivity contribution in [2.75, 3.05) is 0 Å². The molecule has 0 radical (unpaired) electrons. The summed E-state index contributed by atoms with van der Waals surface area (Å²) in [4.78, 5) is 14.4. The Hall–Kier alpha value is -1.49. The van der Waals surface area contributed by atoms with Crippen molar-refractivity contribution >= 4 is 26.8 Å². The van der Waals surface area contributed by atoms with Gasteiger partial charge in [-0.15, -0.1) is 0 Å². The highest BCUT2D eigenvalue weighted by Gasteiger charge is 2.04. The normalized spacial score (nSPS) is 11.3. The Bertz CT molecular complexity index is 537. The predicted molar refractivity (Wildman–Crippen MR) is 46.2 cm³/mol. The van der Waals surface area contributed by atoms with Crippen LogP contribution >= 0.6 is 11.3 Å². The van der Waals surface area contributed by atoms with Crippen molar-refractivity contribution in [3.8, 4) is 0 Å². The monoisotopic (exact) mass is 176 g/mol. The van der Waals surface area contributed by atoms with Gasteiger partial charge in [-0.05, 0) is 0 Å². The van der Waals surface area contributed by atoms with E-state index >= 15 is 0 Å². The van der Waals surface area contributed by atoms with E-state index in [2.05, 4.69) is 15.0 Å². The number of hydrogen-bond donors (Lipinski definition) is 0. The highest BCUT2D eigenvalue weighted by atomic mass is 32.1. The van der Waals surface area contributed by atoms with Crippen LogP contribution in [0.3, 0.4) is 0 Å². The first-order chi connectivity index (χ1) is 5.95. The van der Waals surface area contributed by atoms with Crippen molar-refractivity contribution < 1.29 is 0 Å². The van der Waals surface area contributed by atoms with Crippen LogP contribution in [-0.2, 0) is 0 Å². The van der Waals surface area contributed by atoms with Crippen LogP contribution in [-0.4, -0.2) is 19.4 Å². The fourth-order valence-corrected chi connectivity index (χ4v) is 2.06. The molecule has 0 aliphatic rings. The highest BCUT2D eigenvalue weighted by molar-refractivity contribution is 7.23. The standard InChI is InChI=1S/C7H4N4S/c1-2-9-6-5(8-1)11-4-3-10-7(11)12-6/h1-4H. The van der Waals surface area contributed by atoms with Crippen LogP contribution in [0.15, 0.2) is 24.8 Å². The highest BCUT2D eigenvalue weighted by Crippen LogP contribution is 2.20. The minimum Gasteiger partial charge on any atom is -0.273 e. The summed E-state index contributed by atoms with van der Waals surface area (Å²) in [5.41, 5.74) is 0.884. The number of aromatic nitrogens is 4. The first-order valence-corrected chi connectivity index (χ1v) is 4.29. The summed E-state index contributed by atoms with van der Waals surface area (Å²) < 4.78 is 1.94. The van der Waals surface area contributed by atoms with Gasteiger partial charge in [0.05, 0.1) is 0 Å². The van der Waals surface area contributed by atoms with Gasteiger partial charge in [0.15, 0.2) is 15.4 Å². The zero-order chi connectivity index (χ0) is 7.97. The van der Waals surface area contributed by atoms with Gasteiger partial charge in [0.1, 0.15) is 0 Å². The van der Waals surface area contributed by atoms with Crippen LogP contribution in [0.4, 0.5) is 0 Å². The second-order valence-electron chi connectivity index (χ2n) is 2.37. The first kappa shape index (κ1) is 6.07. The molecule has 0 saturated carbocycles. The molecule has 3 heterocycles. The third-order valence-corrected chi connectivity index (χ3v) is 2.64. The molecule has 0 atom stereocenters. The second kappa shape index (κ2) is 2.01. The second-order valence-corrected chi connectivity index (χ2v) is 3.32. The lowest BCUT2D eigenvalue weighted by atomic mass is 10.7. The molecule has 12 heavy (non-hydrogen) atoms. The molecular formula is C7H4N4S. The molecule has 0 aliphatic heterocycles. The fraction of sp³-hybridized carbons (Fsp3) is 0. The van der Waals surface area contributed by atoms with Crippen molar-refractivity contribution in [1.82, 2.24) is 19.4 Å². The summed E-state index contributed by atoms with van der Waals surface area (Å²) in [7, 11) is 0. The molecule has 0 amide bonds. The maximum absolute atomic E-state index is 4.21. The Morgan fingerprint density at radius 3 is 3.00 bits per heavy atom. The Morgan fingerprint density at radius 1 is 1.08 bits per heavy atom. The van der Waals surface area contributed by atoms with E-state index in [1.165, 1.54) is 0 Å². The molecule has 0 saturated heterocycles. The van der Waals surface area contributed by atoms with Crippen molar-refractivity contribution in [3.63, 3.8) is 0 Å². The molecule has 0 unspecified atom stereocenters. The van der Waals surface area contributed by atoms with E-state index in [0.717, 1.165) is 15.4 Å². The summed E-state index contributed by atoms with van der Waals surface area (Å²) in [5, 5.41) is 0. The lowest BCUT2D eigenvalue weighted by Crippen LogP contribution is -1.81. The topological polar surface area (TPSA) is 43.1 Å². The van der Waals surface area contributed by atoms with Crippen LogP contribution in [0.5, 0.6) is 0 Å². The average Bonchev–Trinajstić information content (AvgIpc) is 2.62. The molecule has 3 aromatic heterocycles. The number of hydrogen-bond acceptors (Lipinski definition) is 4. The molecule has 0 N–H and O–H groups in total. The summed E-state index contributed by atoms with van der Waals surface area (Å²) >= 11 is 1.55. The van der Waals surface area contributed by atoms with E-state index in [4.69, 9.17) is 0 Å². The third-order valence-electron chi connectivity index (χ3n) is 1.67. The Morgan fingerprint density at radius 2 is 2.00 bits per heavy atom. The number of nitrogens with zero attached hydrogens (tertiary/aromatic N) is 4. The van der Waals surface area contributed by atoms with Gasteiger partial charge < -0.3 is 0 Å². The van der Waals surface area contributed by atoms with Crippen LogP contribution < -0.4 is 0 Å². The van der Waals surface area contributed by atoms with Crippen LogP contribution in [0, 0.1) is 0 Å². The maximum atomic E-state index is 4.21. The smallest absolute Gasteiger partial charge is 0.197 e. The van der Waals surface area contributed by atoms with Crippen molar-refractivity contribution in [2.45, 2.75) is 0 Å². The number of rotatable bonds is 0. The number of thiazole rings is 1. The van der Waals surface area contributed by atoms with Gasteiger partial charge in [-0.1, -0.05) is 11.3 Å². The van der Waals surface area contributed by atoms with Crippen LogP contribution in [0.1, 0.15) is 0 Å². The van der Waals surface area contributed by atoms with Crippen LogP contribution in [0.2, 0.25) is 0 Å². The van der Waals surface area contributed by atoms with E-state index in [1.54, 1.807) is 29.9 Å². The lowest BCUT2D eigenvalue weighted by molar-refractivity contribution is 1.19. The van der Waals surface area contributed by atoms with Crippen molar-refractivity contribution in [2.24, 2.45) is 0 Å². The van der Waals surface area contributed by atoms with E-state index in [9.17, 15) is 0 Å². The molecule has 5 heteroatoms. The molecule has 0 bridgehead atoms. The van der Waals surface area contributed by atoms with Gasteiger partial charge in [0.25, 0.3) is 0 Å². The molecular weight excluding hydrogens is 172 g/mol.